The first-order chi connectivity index (χ1) is 15.1. The van der Waals surface area contributed by atoms with Crippen molar-refractivity contribution < 1.29 is 22.7 Å². The molecule has 0 radical (unpaired) electrons. The molecule has 0 aliphatic carbocycles. The highest BCUT2D eigenvalue weighted by Crippen LogP contribution is 2.37. The number of nitrogens with one attached hydrogen (secondary N) is 1. The van der Waals surface area contributed by atoms with Gasteiger partial charge in [0.15, 0.2) is 11.5 Å². The third-order valence-electron chi connectivity index (χ3n) is 5.06. The first kappa shape index (κ1) is 24.3. The summed E-state index contributed by atoms with van der Waals surface area (Å²) >= 11 is 6.30. The molecule has 0 saturated carbocycles. The van der Waals surface area contributed by atoms with Crippen molar-refractivity contribution in [2.24, 2.45) is 0 Å². The second-order valence-electron chi connectivity index (χ2n) is 7.84. The molecular weight excluding hydrogens is 454 g/mol. The number of benzene rings is 2. The van der Waals surface area contributed by atoms with Gasteiger partial charge in [-0.3, -0.25) is 4.79 Å². The van der Waals surface area contributed by atoms with E-state index in [1.165, 1.54) is 29.6 Å². The van der Waals surface area contributed by atoms with E-state index in [9.17, 15) is 13.2 Å². The molecule has 10 heteroatoms. The molecule has 0 bridgehead atoms. The van der Waals surface area contributed by atoms with Gasteiger partial charge in [0.25, 0.3) is 5.91 Å². The second-order valence-corrected chi connectivity index (χ2v) is 10.2. The van der Waals surface area contributed by atoms with Gasteiger partial charge in [0.1, 0.15) is 0 Å². The zero-order valence-corrected chi connectivity index (χ0v) is 20.2. The normalized spacial score (nSPS) is 15.6. The van der Waals surface area contributed by atoms with E-state index in [0.29, 0.717) is 43.4 Å². The first-order valence-electron chi connectivity index (χ1n) is 10.3. The molecule has 1 fully saturated rings. The molecule has 1 amide bonds. The van der Waals surface area contributed by atoms with Crippen LogP contribution in [0.3, 0.4) is 0 Å². The molecular formula is C22H28ClN3O5S. The Morgan fingerprint density at radius 2 is 1.72 bits per heavy atom. The standard InChI is InChI=1S/C22H28ClN3O5S/c1-15(2)31-21-19(23)13-16(14-20(21)30-4)22(27)24-17-5-7-18(8-6-17)32(28,29)26-11-9-25(3)10-12-26/h5-8,13-15H,9-12H2,1-4H3,(H,24,27). The maximum atomic E-state index is 12.8. The average Bonchev–Trinajstić information content (AvgIpc) is 2.75. The third-order valence-corrected chi connectivity index (χ3v) is 7.25. The van der Waals surface area contributed by atoms with Crippen molar-refractivity contribution in [1.82, 2.24) is 9.21 Å². The number of halogens is 1. The number of piperazine rings is 1. The van der Waals surface area contributed by atoms with Crippen LogP contribution in [0.1, 0.15) is 24.2 Å². The summed E-state index contributed by atoms with van der Waals surface area (Å²) in [4.78, 5) is 15.0. The summed E-state index contributed by atoms with van der Waals surface area (Å²) in [7, 11) is -0.127. The van der Waals surface area contributed by atoms with Crippen molar-refractivity contribution in [1.29, 1.82) is 0 Å². The van der Waals surface area contributed by atoms with Crippen molar-refractivity contribution in [3.8, 4) is 11.5 Å². The smallest absolute Gasteiger partial charge is 0.255 e. The van der Waals surface area contributed by atoms with Gasteiger partial charge in [-0.2, -0.15) is 4.31 Å². The molecule has 2 aromatic rings. The van der Waals surface area contributed by atoms with Crippen LogP contribution in [0, 0.1) is 0 Å². The van der Waals surface area contributed by atoms with E-state index in [2.05, 4.69) is 10.2 Å². The minimum Gasteiger partial charge on any atom is -0.493 e. The van der Waals surface area contributed by atoms with Crippen LogP contribution in [-0.4, -0.2) is 70.0 Å². The van der Waals surface area contributed by atoms with E-state index in [1.807, 2.05) is 20.9 Å². The lowest BCUT2D eigenvalue weighted by molar-refractivity contribution is 0.102. The zero-order valence-electron chi connectivity index (χ0n) is 18.6. The largest absolute Gasteiger partial charge is 0.493 e. The molecule has 1 saturated heterocycles. The lowest BCUT2D eigenvalue weighted by Gasteiger charge is -2.31. The Hall–Kier alpha value is -2.33. The molecule has 0 spiro atoms. The van der Waals surface area contributed by atoms with E-state index in [-0.39, 0.29) is 21.6 Å². The first-order valence-corrected chi connectivity index (χ1v) is 12.1. The van der Waals surface area contributed by atoms with E-state index in [4.69, 9.17) is 21.1 Å². The van der Waals surface area contributed by atoms with E-state index in [1.54, 1.807) is 18.2 Å². The Morgan fingerprint density at radius 1 is 1.09 bits per heavy atom. The fourth-order valence-electron chi connectivity index (χ4n) is 3.29. The summed E-state index contributed by atoms with van der Waals surface area (Å²) in [6.07, 6.45) is -0.110. The molecule has 32 heavy (non-hydrogen) atoms. The number of nitrogens with zero attached hydrogens (tertiary/aromatic N) is 2. The highest BCUT2D eigenvalue weighted by Gasteiger charge is 2.27. The summed E-state index contributed by atoms with van der Waals surface area (Å²) in [5.41, 5.74) is 0.752. The van der Waals surface area contributed by atoms with Gasteiger partial charge in [0, 0.05) is 37.4 Å². The van der Waals surface area contributed by atoms with Gasteiger partial charge in [0.2, 0.25) is 10.0 Å². The molecule has 3 rings (SSSR count). The maximum absolute atomic E-state index is 12.8. The number of amides is 1. The van der Waals surface area contributed by atoms with Gasteiger partial charge in [-0.15, -0.1) is 0 Å². The van der Waals surface area contributed by atoms with Gasteiger partial charge in [-0.1, -0.05) is 11.6 Å². The number of hydrogen-bond acceptors (Lipinski definition) is 6. The Balaban J connectivity index is 1.74. The summed E-state index contributed by atoms with van der Waals surface area (Å²) < 4.78 is 38.2. The van der Waals surface area contributed by atoms with Crippen molar-refractivity contribution >= 4 is 33.2 Å². The number of ether oxygens (including phenoxy) is 2. The Labute approximate surface area is 194 Å². The molecule has 0 atom stereocenters. The van der Waals surface area contributed by atoms with E-state index in [0.717, 1.165) is 0 Å². The molecule has 174 valence electrons. The van der Waals surface area contributed by atoms with Gasteiger partial charge >= 0.3 is 0 Å². The topological polar surface area (TPSA) is 88.2 Å². The Kier molecular flexibility index (Phi) is 7.66. The number of sulfonamides is 1. The molecule has 1 aliphatic rings. The average molecular weight is 482 g/mol. The lowest BCUT2D eigenvalue weighted by atomic mass is 10.1. The minimum atomic E-state index is -3.57. The molecule has 1 heterocycles. The maximum Gasteiger partial charge on any atom is 0.255 e. The summed E-state index contributed by atoms with van der Waals surface area (Å²) in [5.74, 6) is 0.320. The summed E-state index contributed by atoms with van der Waals surface area (Å²) in [6, 6.07) is 9.17. The van der Waals surface area contributed by atoms with Crippen LogP contribution < -0.4 is 14.8 Å². The Bertz CT molecular complexity index is 1070. The molecule has 8 nitrogen and oxygen atoms in total. The van der Waals surface area contributed by atoms with Crippen LogP contribution in [0.2, 0.25) is 5.02 Å². The lowest BCUT2D eigenvalue weighted by Crippen LogP contribution is -2.46. The van der Waals surface area contributed by atoms with E-state index >= 15 is 0 Å². The van der Waals surface area contributed by atoms with Crippen molar-refractivity contribution in [2.45, 2.75) is 24.8 Å². The summed E-state index contributed by atoms with van der Waals surface area (Å²) in [6.45, 7) is 6.03. The van der Waals surface area contributed by atoms with Crippen LogP contribution >= 0.6 is 11.6 Å². The second kappa shape index (κ2) is 10.1. The highest BCUT2D eigenvalue weighted by atomic mass is 35.5. The Morgan fingerprint density at radius 3 is 2.28 bits per heavy atom. The fourth-order valence-corrected chi connectivity index (χ4v) is 4.97. The monoisotopic (exact) mass is 481 g/mol. The highest BCUT2D eigenvalue weighted by molar-refractivity contribution is 7.89. The predicted molar refractivity (Wildman–Crippen MR) is 124 cm³/mol. The number of carbonyl (C=O) groups is 1. The number of carbonyl (C=O) groups excluding carboxylic acids is 1. The minimum absolute atomic E-state index is 0.110. The SMILES string of the molecule is COc1cc(C(=O)Nc2ccc(S(=O)(=O)N3CCN(C)CC3)cc2)cc(Cl)c1OC(C)C. The van der Waals surface area contributed by atoms with Crippen molar-refractivity contribution in [3.05, 3.63) is 47.0 Å². The molecule has 2 aromatic carbocycles. The predicted octanol–water partition coefficient (Wildman–Crippen LogP) is 3.32. The number of anilines is 1. The number of methoxy groups -OCH3 is 1. The van der Waals surface area contributed by atoms with Gasteiger partial charge in [0.05, 0.1) is 23.1 Å². The number of likely N-dealkylation sites (N-methyl/N-ethyl adjacent to an activating group) is 1. The third kappa shape index (κ3) is 5.53. The number of rotatable bonds is 7. The number of hydrogen-bond donors (Lipinski definition) is 1. The van der Waals surface area contributed by atoms with Crippen LogP contribution in [-0.2, 0) is 10.0 Å². The molecule has 0 unspecified atom stereocenters. The van der Waals surface area contributed by atoms with Crippen LogP contribution in [0.15, 0.2) is 41.3 Å². The van der Waals surface area contributed by atoms with Gasteiger partial charge in [-0.05, 0) is 57.3 Å². The fraction of sp³-hybridized carbons (Fsp3) is 0.409. The van der Waals surface area contributed by atoms with Crippen molar-refractivity contribution in [2.75, 3.05) is 45.7 Å². The van der Waals surface area contributed by atoms with E-state index < -0.39 is 15.9 Å². The van der Waals surface area contributed by atoms with Gasteiger partial charge < -0.3 is 19.7 Å². The summed E-state index contributed by atoms with van der Waals surface area (Å²) in [5, 5.41) is 3.01. The molecule has 0 aromatic heterocycles. The van der Waals surface area contributed by atoms with Crippen LogP contribution in [0.25, 0.3) is 0 Å². The quantitative estimate of drug-likeness (QED) is 0.652. The van der Waals surface area contributed by atoms with Crippen LogP contribution in [0.5, 0.6) is 11.5 Å². The van der Waals surface area contributed by atoms with Crippen molar-refractivity contribution in [3.63, 3.8) is 0 Å². The molecule has 1 N–H and O–H groups in total. The van der Waals surface area contributed by atoms with Crippen LogP contribution in [0.4, 0.5) is 5.69 Å². The van der Waals surface area contributed by atoms with Gasteiger partial charge in [-0.25, -0.2) is 8.42 Å². The zero-order chi connectivity index (χ0) is 23.5. The molecule has 1 aliphatic heterocycles.